The average molecular weight is 152 g/mol. The summed E-state index contributed by atoms with van der Waals surface area (Å²) in [6.45, 7) is 2.30. The van der Waals surface area contributed by atoms with Crippen LogP contribution in [-0.2, 0) is 0 Å². The highest BCUT2D eigenvalue weighted by Gasteiger charge is 2.37. The highest BCUT2D eigenvalue weighted by atomic mass is 16.3. The fourth-order valence-corrected chi connectivity index (χ4v) is 2.56. The van der Waals surface area contributed by atoms with E-state index in [1.54, 1.807) is 0 Å². The maximum Gasteiger partial charge on any atom is 0.0732 e. The van der Waals surface area contributed by atoms with Gasteiger partial charge in [0.15, 0.2) is 0 Å². The van der Waals surface area contributed by atoms with Gasteiger partial charge in [0, 0.05) is 0 Å². The molecule has 0 amide bonds. The van der Waals surface area contributed by atoms with Gasteiger partial charge in [-0.1, -0.05) is 25.0 Å². The molecule has 1 saturated carbocycles. The van der Waals surface area contributed by atoms with Crippen LogP contribution in [0.5, 0.6) is 0 Å². The molecule has 62 valence electrons. The Morgan fingerprint density at radius 1 is 1.55 bits per heavy atom. The summed E-state index contributed by atoms with van der Waals surface area (Å²) in [4.78, 5) is 0. The van der Waals surface area contributed by atoms with Crippen molar-refractivity contribution in [3.8, 4) is 0 Å². The second-order valence-electron chi connectivity index (χ2n) is 4.23. The second-order valence-corrected chi connectivity index (χ2v) is 4.23. The molecule has 2 rings (SSSR count). The Balaban J connectivity index is 2.23. The van der Waals surface area contributed by atoms with Crippen molar-refractivity contribution in [2.75, 3.05) is 0 Å². The zero-order valence-corrected chi connectivity index (χ0v) is 7.14. The Kier molecular flexibility index (Phi) is 1.57. The van der Waals surface area contributed by atoms with Gasteiger partial charge < -0.3 is 5.11 Å². The molecule has 0 radical (unpaired) electrons. The van der Waals surface area contributed by atoms with E-state index in [9.17, 15) is 5.11 Å². The van der Waals surface area contributed by atoms with Crippen molar-refractivity contribution in [3.05, 3.63) is 11.6 Å². The van der Waals surface area contributed by atoms with E-state index in [-0.39, 0.29) is 6.10 Å². The van der Waals surface area contributed by atoms with E-state index in [2.05, 4.69) is 13.0 Å². The minimum atomic E-state index is -0.145. The molecule has 0 aromatic carbocycles. The van der Waals surface area contributed by atoms with E-state index >= 15 is 0 Å². The highest BCUT2D eigenvalue weighted by Crippen LogP contribution is 2.48. The summed E-state index contributed by atoms with van der Waals surface area (Å²) in [5.41, 5.74) is 1.90. The molecule has 0 bridgehead atoms. The molecule has 1 heteroatoms. The van der Waals surface area contributed by atoms with E-state index in [1.807, 2.05) is 0 Å². The number of rotatable bonds is 0. The first-order valence-electron chi connectivity index (χ1n) is 4.60. The summed E-state index contributed by atoms with van der Waals surface area (Å²) in [7, 11) is 0. The standard InChI is InChI=1S/C10H16O/c1-10-5-3-2-4-8(10)6-9(11)7-10/h6,9,11H,2-5,7H2,1H3/t9-,10+/m1/s1. The van der Waals surface area contributed by atoms with E-state index in [1.165, 1.54) is 31.3 Å². The average Bonchev–Trinajstić information content (AvgIpc) is 2.22. The van der Waals surface area contributed by atoms with Crippen molar-refractivity contribution >= 4 is 0 Å². The molecule has 0 spiro atoms. The predicted molar refractivity (Wildman–Crippen MR) is 45.3 cm³/mol. The Morgan fingerprint density at radius 2 is 2.36 bits per heavy atom. The maximum atomic E-state index is 9.45. The van der Waals surface area contributed by atoms with E-state index in [4.69, 9.17) is 0 Å². The summed E-state index contributed by atoms with van der Waals surface area (Å²) >= 11 is 0. The maximum absolute atomic E-state index is 9.45. The highest BCUT2D eigenvalue weighted by molar-refractivity contribution is 5.23. The minimum absolute atomic E-state index is 0.145. The van der Waals surface area contributed by atoms with Gasteiger partial charge >= 0.3 is 0 Å². The van der Waals surface area contributed by atoms with Crippen molar-refractivity contribution in [1.82, 2.24) is 0 Å². The van der Waals surface area contributed by atoms with Crippen LogP contribution in [0.2, 0.25) is 0 Å². The fraction of sp³-hybridized carbons (Fsp3) is 0.800. The summed E-state index contributed by atoms with van der Waals surface area (Å²) in [6.07, 6.45) is 8.10. The lowest BCUT2D eigenvalue weighted by Gasteiger charge is -2.32. The molecular weight excluding hydrogens is 136 g/mol. The smallest absolute Gasteiger partial charge is 0.0732 e. The molecule has 0 heterocycles. The van der Waals surface area contributed by atoms with Gasteiger partial charge in [-0.3, -0.25) is 0 Å². The van der Waals surface area contributed by atoms with Crippen LogP contribution in [0.1, 0.15) is 39.0 Å². The van der Waals surface area contributed by atoms with Crippen LogP contribution in [0.4, 0.5) is 0 Å². The van der Waals surface area contributed by atoms with Crippen LogP contribution in [0.3, 0.4) is 0 Å². The fourth-order valence-electron chi connectivity index (χ4n) is 2.56. The lowest BCUT2D eigenvalue weighted by molar-refractivity contribution is 0.171. The van der Waals surface area contributed by atoms with Gasteiger partial charge in [-0.15, -0.1) is 0 Å². The second kappa shape index (κ2) is 2.34. The molecule has 0 aromatic heterocycles. The van der Waals surface area contributed by atoms with E-state index < -0.39 is 0 Å². The van der Waals surface area contributed by atoms with Crippen molar-refractivity contribution in [1.29, 1.82) is 0 Å². The number of aliphatic hydroxyl groups excluding tert-OH is 1. The minimum Gasteiger partial charge on any atom is -0.389 e. The first-order chi connectivity index (χ1) is 5.21. The molecule has 11 heavy (non-hydrogen) atoms. The van der Waals surface area contributed by atoms with E-state index in [0.717, 1.165) is 6.42 Å². The summed E-state index contributed by atoms with van der Waals surface area (Å²) in [5, 5.41) is 9.45. The third-order valence-corrected chi connectivity index (χ3v) is 3.25. The Morgan fingerprint density at radius 3 is 3.09 bits per heavy atom. The SMILES string of the molecule is C[C@@]12CCCCC1=C[C@@H](O)C2. The number of allylic oxidation sites excluding steroid dienone is 1. The van der Waals surface area contributed by atoms with Crippen LogP contribution in [-0.4, -0.2) is 11.2 Å². The Bertz CT molecular complexity index is 195. The van der Waals surface area contributed by atoms with Gasteiger partial charge in [0.1, 0.15) is 0 Å². The van der Waals surface area contributed by atoms with Gasteiger partial charge in [0.05, 0.1) is 6.10 Å². The van der Waals surface area contributed by atoms with Crippen LogP contribution in [0.15, 0.2) is 11.6 Å². The molecule has 0 unspecified atom stereocenters. The van der Waals surface area contributed by atoms with Gasteiger partial charge in [-0.05, 0) is 31.1 Å². The van der Waals surface area contributed by atoms with Crippen molar-refractivity contribution in [2.45, 2.75) is 45.1 Å². The van der Waals surface area contributed by atoms with E-state index in [0.29, 0.717) is 5.41 Å². The Hall–Kier alpha value is -0.300. The van der Waals surface area contributed by atoms with Gasteiger partial charge in [0.2, 0.25) is 0 Å². The largest absolute Gasteiger partial charge is 0.389 e. The molecular formula is C10H16O. The predicted octanol–water partition coefficient (Wildman–Crippen LogP) is 2.26. The molecule has 2 atom stereocenters. The van der Waals surface area contributed by atoms with Gasteiger partial charge in [-0.2, -0.15) is 0 Å². The molecule has 2 aliphatic carbocycles. The molecule has 1 fully saturated rings. The van der Waals surface area contributed by atoms with Crippen molar-refractivity contribution < 1.29 is 5.11 Å². The van der Waals surface area contributed by atoms with Crippen LogP contribution < -0.4 is 0 Å². The quantitative estimate of drug-likeness (QED) is 0.528. The lowest BCUT2D eigenvalue weighted by atomic mass is 9.73. The first kappa shape index (κ1) is 7.35. The third kappa shape index (κ3) is 1.12. The number of aliphatic hydroxyl groups is 1. The van der Waals surface area contributed by atoms with Gasteiger partial charge in [0.25, 0.3) is 0 Å². The number of hydrogen-bond acceptors (Lipinski definition) is 1. The topological polar surface area (TPSA) is 20.2 Å². The van der Waals surface area contributed by atoms with Crippen LogP contribution >= 0.6 is 0 Å². The first-order valence-corrected chi connectivity index (χ1v) is 4.60. The van der Waals surface area contributed by atoms with Crippen molar-refractivity contribution in [3.63, 3.8) is 0 Å². The van der Waals surface area contributed by atoms with Crippen molar-refractivity contribution in [2.24, 2.45) is 5.41 Å². The summed E-state index contributed by atoms with van der Waals surface area (Å²) in [6, 6.07) is 0. The number of hydrogen-bond donors (Lipinski definition) is 1. The molecule has 1 nitrogen and oxygen atoms in total. The lowest BCUT2D eigenvalue weighted by Crippen LogP contribution is -2.21. The van der Waals surface area contributed by atoms with Crippen LogP contribution in [0, 0.1) is 5.41 Å². The van der Waals surface area contributed by atoms with Gasteiger partial charge in [-0.25, -0.2) is 0 Å². The monoisotopic (exact) mass is 152 g/mol. The molecule has 0 saturated heterocycles. The zero-order chi connectivity index (χ0) is 7.90. The molecule has 2 aliphatic rings. The van der Waals surface area contributed by atoms with Crippen LogP contribution in [0.25, 0.3) is 0 Å². The molecule has 0 aliphatic heterocycles. The zero-order valence-electron chi connectivity index (χ0n) is 7.14. The third-order valence-electron chi connectivity index (χ3n) is 3.25. The Labute approximate surface area is 68.1 Å². The number of fused-ring (bicyclic) bond motifs is 1. The molecule has 1 N–H and O–H groups in total. The summed E-state index contributed by atoms with van der Waals surface area (Å²) in [5.74, 6) is 0. The normalized spacial score (nSPS) is 43.5. The molecule has 0 aromatic rings. The summed E-state index contributed by atoms with van der Waals surface area (Å²) < 4.78 is 0.